The highest BCUT2D eigenvalue weighted by Gasteiger charge is 2.09. The maximum Gasteiger partial charge on any atom is 0.307 e. The summed E-state index contributed by atoms with van der Waals surface area (Å²) in [5.74, 6) is -1.19. The van der Waals surface area contributed by atoms with Gasteiger partial charge in [-0.25, -0.2) is 0 Å². The van der Waals surface area contributed by atoms with E-state index in [1.54, 1.807) is 48.5 Å². The maximum absolute atomic E-state index is 12.0. The SMILES string of the molecule is Nc1ccccc1C(=O)Nc1ccc(CC(=O)O)cc1. The monoisotopic (exact) mass is 270 g/mol. The van der Waals surface area contributed by atoms with Gasteiger partial charge in [0.15, 0.2) is 0 Å². The van der Waals surface area contributed by atoms with Crippen LogP contribution in [0.1, 0.15) is 15.9 Å². The van der Waals surface area contributed by atoms with Gasteiger partial charge in [-0.1, -0.05) is 24.3 Å². The Balaban J connectivity index is 2.09. The molecule has 102 valence electrons. The number of hydrogen-bond acceptors (Lipinski definition) is 3. The molecule has 2 aromatic carbocycles. The first kappa shape index (κ1) is 13.6. The Morgan fingerprint density at radius 2 is 1.70 bits per heavy atom. The standard InChI is InChI=1S/C15H14N2O3/c16-13-4-2-1-3-12(13)15(20)17-11-7-5-10(6-8-11)9-14(18)19/h1-8H,9,16H2,(H,17,20)(H,18,19). The first-order valence-electron chi connectivity index (χ1n) is 6.03. The van der Waals surface area contributed by atoms with Gasteiger partial charge in [-0.15, -0.1) is 0 Å². The summed E-state index contributed by atoms with van der Waals surface area (Å²) in [6.07, 6.45) is -0.0418. The van der Waals surface area contributed by atoms with Crippen molar-refractivity contribution < 1.29 is 14.7 Å². The average molecular weight is 270 g/mol. The highest BCUT2D eigenvalue weighted by Crippen LogP contribution is 2.15. The van der Waals surface area contributed by atoms with Crippen molar-refractivity contribution >= 4 is 23.3 Å². The zero-order chi connectivity index (χ0) is 14.5. The molecule has 0 radical (unpaired) electrons. The smallest absolute Gasteiger partial charge is 0.307 e. The number of nitrogens with one attached hydrogen (secondary N) is 1. The fourth-order valence-electron chi connectivity index (χ4n) is 1.78. The number of carbonyl (C=O) groups excluding carboxylic acids is 1. The van der Waals surface area contributed by atoms with Crippen LogP contribution in [0.4, 0.5) is 11.4 Å². The minimum absolute atomic E-state index is 0.0418. The molecule has 0 atom stereocenters. The van der Waals surface area contributed by atoms with Crippen molar-refractivity contribution in [2.75, 3.05) is 11.1 Å². The number of benzene rings is 2. The Kier molecular flexibility index (Phi) is 4.00. The van der Waals surface area contributed by atoms with Crippen LogP contribution in [0.5, 0.6) is 0 Å². The van der Waals surface area contributed by atoms with Crippen molar-refractivity contribution in [3.63, 3.8) is 0 Å². The number of hydrogen-bond donors (Lipinski definition) is 3. The Hall–Kier alpha value is -2.82. The van der Waals surface area contributed by atoms with E-state index in [2.05, 4.69) is 5.32 Å². The van der Waals surface area contributed by atoms with Crippen molar-refractivity contribution in [3.8, 4) is 0 Å². The lowest BCUT2D eigenvalue weighted by molar-refractivity contribution is -0.136. The van der Waals surface area contributed by atoms with Crippen LogP contribution in [0.2, 0.25) is 0 Å². The zero-order valence-corrected chi connectivity index (χ0v) is 10.7. The summed E-state index contributed by atoms with van der Waals surface area (Å²) in [4.78, 5) is 22.6. The molecule has 5 nitrogen and oxygen atoms in total. The van der Waals surface area contributed by atoms with E-state index >= 15 is 0 Å². The maximum atomic E-state index is 12.0. The minimum atomic E-state index is -0.890. The third kappa shape index (κ3) is 3.35. The van der Waals surface area contributed by atoms with Crippen molar-refractivity contribution in [3.05, 3.63) is 59.7 Å². The molecular formula is C15H14N2O3. The Morgan fingerprint density at radius 1 is 1.05 bits per heavy atom. The minimum Gasteiger partial charge on any atom is -0.481 e. The lowest BCUT2D eigenvalue weighted by Gasteiger charge is -2.07. The number of anilines is 2. The topological polar surface area (TPSA) is 92.4 Å². The van der Waals surface area contributed by atoms with E-state index in [9.17, 15) is 9.59 Å². The average Bonchev–Trinajstić information content (AvgIpc) is 2.41. The fraction of sp³-hybridized carbons (Fsp3) is 0.0667. The Morgan fingerprint density at radius 3 is 2.30 bits per heavy atom. The molecule has 0 bridgehead atoms. The van der Waals surface area contributed by atoms with Gasteiger partial charge in [0.1, 0.15) is 0 Å². The predicted molar refractivity (Wildman–Crippen MR) is 76.6 cm³/mol. The second kappa shape index (κ2) is 5.88. The molecule has 2 aromatic rings. The molecule has 0 spiro atoms. The van der Waals surface area contributed by atoms with Gasteiger partial charge in [0.2, 0.25) is 0 Å². The molecule has 20 heavy (non-hydrogen) atoms. The van der Waals surface area contributed by atoms with Gasteiger partial charge in [-0.05, 0) is 29.8 Å². The Bertz CT molecular complexity index is 636. The summed E-state index contributed by atoms with van der Waals surface area (Å²) in [7, 11) is 0. The summed E-state index contributed by atoms with van der Waals surface area (Å²) >= 11 is 0. The van der Waals surface area contributed by atoms with Gasteiger partial charge in [0, 0.05) is 11.4 Å². The number of para-hydroxylation sites is 1. The third-order valence-electron chi connectivity index (χ3n) is 2.77. The number of nitrogen functional groups attached to an aromatic ring is 1. The molecule has 0 saturated carbocycles. The number of amides is 1. The van der Waals surface area contributed by atoms with E-state index < -0.39 is 5.97 Å². The summed E-state index contributed by atoms with van der Waals surface area (Å²) in [6, 6.07) is 13.4. The largest absolute Gasteiger partial charge is 0.481 e. The van der Waals surface area contributed by atoms with Gasteiger partial charge in [0.05, 0.1) is 12.0 Å². The number of carbonyl (C=O) groups is 2. The molecule has 0 aliphatic rings. The molecule has 0 heterocycles. The van der Waals surface area contributed by atoms with E-state index in [0.29, 0.717) is 22.5 Å². The quantitative estimate of drug-likeness (QED) is 0.742. The molecule has 4 N–H and O–H groups in total. The first-order valence-corrected chi connectivity index (χ1v) is 6.03. The number of carboxylic acids is 1. The summed E-state index contributed by atoms with van der Waals surface area (Å²) in [5.41, 5.74) is 7.81. The van der Waals surface area contributed by atoms with Crippen LogP contribution in [-0.4, -0.2) is 17.0 Å². The summed E-state index contributed by atoms with van der Waals surface area (Å²) in [5, 5.41) is 11.4. The van der Waals surface area contributed by atoms with Crippen molar-refractivity contribution in [2.45, 2.75) is 6.42 Å². The lowest BCUT2D eigenvalue weighted by atomic mass is 10.1. The van der Waals surface area contributed by atoms with E-state index in [1.165, 1.54) is 0 Å². The Labute approximate surface area is 116 Å². The number of rotatable bonds is 4. The molecule has 0 aromatic heterocycles. The van der Waals surface area contributed by atoms with Crippen LogP contribution in [0.25, 0.3) is 0 Å². The summed E-state index contributed by atoms with van der Waals surface area (Å²) < 4.78 is 0. The van der Waals surface area contributed by atoms with Crippen LogP contribution < -0.4 is 11.1 Å². The van der Waals surface area contributed by atoms with Gasteiger partial charge in [0.25, 0.3) is 5.91 Å². The molecule has 5 heteroatoms. The highest BCUT2D eigenvalue weighted by molar-refractivity contribution is 6.07. The van der Waals surface area contributed by atoms with Crippen LogP contribution in [0.3, 0.4) is 0 Å². The molecule has 0 fully saturated rings. The molecular weight excluding hydrogens is 256 g/mol. The molecule has 0 aliphatic heterocycles. The highest BCUT2D eigenvalue weighted by atomic mass is 16.4. The van der Waals surface area contributed by atoms with E-state index in [1.807, 2.05) is 0 Å². The van der Waals surface area contributed by atoms with Crippen LogP contribution >= 0.6 is 0 Å². The van der Waals surface area contributed by atoms with Gasteiger partial charge in [-0.2, -0.15) is 0 Å². The number of carboxylic acid groups (broad SMARTS) is 1. The molecule has 0 saturated heterocycles. The van der Waals surface area contributed by atoms with Crippen molar-refractivity contribution in [1.82, 2.24) is 0 Å². The van der Waals surface area contributed by atoms with Gasteiger partial charge in [-0.3, -0.25) is 9.59 Å². The van der Waals surface area contributed by atoms with Crippen LogP contribution in [0.15, 0.2) is 48.5 Å². The van der Waals surface area contributed by atoms with Crippen LogP contribution in [0, 0.1) is 0 Å². The predicted octanol–water partition coefficient (Wildman–Crippen LogP) is 2.15. The van der Waals surface area contributed by atoms with E-state index in [-0.39, 0.29) is 12.3 Å². The van der Waals surface area contributed by atoms with Crippen LogP contribution in [-0.2, 0) is 11.2 Å². The van der Waals surface area contributed by atoms with Crippen molar-refractivity contribution in [2.24, 2.45) is 0 Å². The zero-order valence-electron chi connectivity index (χ0n) is 10.7. The first-order chi connectivity index (χ1) is 9.56. The molecule has 0 aliphatic carbocycles. The second-order valence-electron chi connectivity index (χ2n) is 4.31. The number of nitrogens with two attached hydrogens (primary N) is 1. The number of aliphatic carboxylic acids is 1. The van der Waals surface area contributed by atoms with Gasteiger partial charge >= 0.3 is 5.97 Å². The second-order valence-corrected chi connectivity index (χ2v) is 4.31. The molecule has 2 rings (SSSR count). The van der Waals surface area contributed by atoms with Crippen molar-refractivity contribution in [1.29, 1.82) is 0 Å². The van der Waals surface area contributed by atoms with E-state index in [4.69, 9.17) is 10.8 Å². The lowest BCUT2D eigenvalue weighted by Crippen LogP contribution is -2.13. The van der Waals surface area contributed by atoms with E-state index in [0.717, 1.165) is 0 Å². The third-order valence-corrected chi connectivity index (χ3v) is 2.77. The normalized spacial score (nSPS) is 10.0. The molecule has 1 amide bonds. The summed E-state index contributed by atoms with van der Waals surface area (Å²) in [6.45, 7) is 0. The fourth-order valence-corrected chi connectivity index (χ4v) is 1.78. The molecule has 0 unspecified atom stereocenters. The van der Waals surface area contributed by atoms with Gasteiger partial charge < -0.3 is 16.2 Å².